The van der Waals surface area contributed by atoms with Crippen LogP contribution < -0.4 is 5.32 Å². The van der Waals surface area contributed by atoms with Crippen molar-refractivity contribution < 1.29 is 9.18 Å². The third kappa shape index (κ3) is 3.98. The molecule has 0 aliphatic carbocycles. The smallest absolute Gasteiger partial charge is 0.272 e. The van der Waals surface area contributed by atoms with E-state index in [9.17, 15) is 9.18 Å². The van der Waals surface area contributed by atoms with Crippen LogP contribution >= 0.6 is 23.1 Å². The van der Waals surface area contributed by atoms with E-state index in [-0.39, 0.29) is 11.7 Å². The van der Waals surface area contributed by atoms with Gasteiger partial charge in [-0.1, -0.05) is 24.3 Å². The minimum atomic E-state index is -0.275. The van der Waals surface area contributed by atoms with Crippen molar-refractivity contribution in [3.8, 4) is 0 Å². The van der Waals surface area contributed by atoms with Crippen LogP contribution in [0.5, 0.6) is 0 Å². The fourth-order valence-electron chi connectivity index (χ4n) is 3.25. The molecule has 4 rings (SSSR count). The summed E-state index contributed by atoms with van der Waals surface area (Å²) in [7, 11) is 0. The molecule has 3 nitrogen and oxygen atoms in total. The van der Waals surface area contributed by atoms with Crippen molar-refractivity contribution >= 4 is 44.9 Å². The average Bonchev–Trinajstić information content (AvgIpc) is 3.25. The molecule has 0 spiro atoms. The summed E-state index contributed by atoms with van der Waals surface area (Å²) in [5, 5.41) is 5.01. The van der Waals surface area contributed by atoms with E-state index in [0.717, 1.165) is 27.2 Å². The molecule has 0 radical (unpaired) electrons. The first-order chi connectivity index (χ1) is 13.6. The summed E-state index contributed by atoms with van der Waals surface area (Å²) in [6.45, 7) is 0.438. The summed E-state index contributed by atoms with van der Waals surface area (Å²) in [6.07, 6.45) is 2.05. The standard InChI is InChI=1S/C22H19FN2OS2/c1-27-14-16-5-3-7-18(11-16)24-22(26)20-12-21-19(8-9-28-21)25(20)13-15-4-2-6-17(23)10-15/h2-12H,13-14H2,1H3,(H,24,26). The number of aromatic nitrogens is 1. The first kappa shape index (κ1) is 18.8. The molecule has 0 aliphatic heterocycles. The number of fused-ring (bicyclic) bond motifs is 1. The summed E-state index contributed by atoms with van der Waals surface area (Å²) in [5.41, 5.74) is 4.32. The van der Waals surface area contributed by atoms with E-state index in [1.165, 1.54) is 17.7 Å². The van der Waals surface area contributed by atoms with Crippen molar-refractivity contribution in [2.75, 3.05) is 11.6 Å². The van der Waals surface area contributed by atoms with Gasteiger partial charge in [-0.25, -0.2) is 4.39 Å². The van der Waals surface area contributed by atoms with Crippen LogP contribution in [0.3, 0.4) is 0 Å². The number of nitrogens with one attached hydrogen (secondary N) is 1. The van der Waals surface area contributed by atoms with E-state index in [4.69, 9.17) is 0 Å². The lowest BCUT2D eigenvalue weighted by Gasteiger charge is -2.12. The molecule has 1 N–H and O–H groups in total. The summed E-state index contributed by atoms with van der Waals surface area (Å²) in [4.78, 5) is 13.0. The number of carbonyl (C=O) groups is 1. The Morgan fingerprint density at radius 1 is 1.11 bits per heavy atom. The number of thiophene rings is 1. The topological polar surface area (TPSA) is 34.0 Å². The molecule has 6 heteroatoms. The molecule has 0 fully saturated rings. The second kappa shape index (κ2) is 8.20. The average molecular weight is 411 g/mol. The molecule has 2 heterocycles. The first-order valence-electron chi connectivity index (χ1n) is 8.84. The molecular formula is C22H19FN2OS2. The van der Waals surface area contributed by atoms with Gasteiger partial charge in [-0.05, 0) is 59.2 Å². The number of nitrogens with zero attached hydrogens (tertiary/aromatic N) is 1. The maximum absolute atomic E-state index is 13.6. The highest BCUT2D eigenvalue weighted by Gasteiger charge is 2.17. The number of anilines is 1. The van der Waals surface area contributed by atoms with Crippen LogP contribution in [-0.4, -0.2) is 16.7 Å². The highest BCUT2D eigenvalue weighted by molar-refractivity contribution is 7.97. The lowest BCUT2D eigenvalue weighted by molar-refractivity contribution is 0.101. The zero-order chi connectivity index (χ0) is 19.5. The normalized spacial score (nSPS) is 11.1. The summed E-state index contributed by atoms with van der Waals surface area (Å²) >= 11 is 3.33. The van der Waals surface area contributed by atoms with Gasteiger partial charge in [-0.2, -0.15) is 11.8 Å². The number of hydrogen-bond acceptors (Lipinski definition) is 3. The van der Waals surface area contributed by atoms with Crippen molar-refractivity contribution in [3.63, 3.8) is 0 Å². The van der Waals surface area contributed by atoms with Crippen molar-refractivity contribution in [3.05, 3.63) is 88.7 Å². The Balaban J connectivity index is 1.65. The van der Waals surface area contributed by atoms with Crippen LogP contribution in [0, 0.1) is 5.82 Å². The maximum atomic E-state index is 13.6. The van der Waals surface area contributed by atoms with Gasteiger partial charge in [0, 0.05) is 18.0 Å². The van der Waals surface area contributed by atoms with Gasteiger partial charge in [-0.3, -0.25) is 4.79 Å². The first-order valence-corrected chi connectivity index (χ1v) is 11.1. The van der Waals surface area contributed by atoms with Gasteiger partial charge >= 0.3 is 0 Å². The predicted molar refractivity (Wildman–Crippen MR) is 117 cm³/mol. The molecule has 0 saturated carbocycles. The SMILES string of the molecule is CSCc1cccc(NC(=O)c2cc3sccc3n2Cc2cccc(F)c2)c1. The Morgan fingerprint density at radius 2 is 1.93 bits per heavy atom. The number of hydrogen-bond donors (Lipinski definition) is 1. The molecule has 0 bridgehead atoms. The zero-order valence-electron chi connectivity index (χ0n) is 15.3. The fraction of sp³-hybridized carbons (Fsp3) is 0.136. The predicted octanol–water partition coefficient (Wildman–Crippen LogP) is 6.01. The van der Waals surface area contributed by atoms with Gasteiger partial charge in [0.2, 0.25) is 0 Å². The van der Waals surface area contributed by atoms with E-state index in [1.807, 2.05) is 46.3 Å². The van der Waals surface area contributed by atoms with Crippen molar-refractivity contribution in [2.24, 2.45) is 0 Å². The Kier molecular flexibility index (Phi) is 5.50. The fourth-order valence-corrected chi connectivity index (χ4v) is 4.59. The third-order valence-electron chi connectivity index (χ3n) is 4.48. The van der Waals surface area contributed by atoms with Crippen LogP contribution in [0.15, 0.2) is 66.0 Å². The molecule has 142 valence electrons. The zero-order valence-corrected chi connectivity index (χ0v) is 16.9. The number of benzene rings is 2. The van der Waals surface area contributed by atoms with Gasteiger partial charge in [0.15, 0.2) is 0 Å². The van der Waals surface area contributed by atoms with Gasteiger partial charge in [0.25, 0.3) is 5.91 Å². The lowest BCUT2D eigenvalue weighted by Crippen LogP contribution is -2.17. The second-order valence-corrected chi connectivity index (χ2v) is 8.32. The number of halogens is 1. The molecule has 2 aromatic carbocycles. The van der Waals surface area contributed by atoms with Crippen LogP contribution in [0.4, 0.5) is 10.1 Å². The Morgan fingerprint density at radius 3 is 2.75 bits per heavy atom. The van der Waals surface area contributed by atoms with Crippen LogP contribution in [0.25, 0.3) is 10.2 Å². The number of carbonyl (C=O) groups excluding carboxylic acids is 1. The second-order valence-electron chi connectivity index (χ2n) is 6.50. The molecule has 28 heavy (non-hydrogen) atoms. The maximum Gasteiger partial charge on any atom is 0.272 e. The minimum Gasteiger partial charge on any atom is -0.331 e. The summed E-state index contributed by atoms with van der Waals surface area (Å²) in [6, 6.07) is 18.3. The van der Waals surface area contributed by atoms with Crippen molar-refractivity contribution in [2.45, 2.75) is 12.3 Å². The molecule has 4 aromatic rings. The monoisotopic (exact) mass is 410 g/mol. The Bertz CT molecular complexity index is 1130. The van der Waals surface area contributed by atoms with Crippen LogP contribution in [-0.2, 0) is 12.3 Å². The van der Waals surface area contributed by atoms with Gasteiger partial charge in [0.05, 0.1) is 10.2 Å². The highest BCUT2D eigenvalue weighted by atomic mass is 32.2. The number of rotatable bonds is 6. The van der Waals surface area contributed by atoms with Gasteiger partial charge in [0.1, 0.15) is 11.5 Å². The van der Waals surface area contributed by atoms with E-state index >= 15 is 0 Å². The van der Waals surface area contributed by atoms with Crippen molar-refractivity contribution in [1.29, 1.82) is 0 Å². The van der Waals surface area contributed by atoms with E-state index in [0.29, 0.717) is 12.2 Å². The molecular weight excluding hydrogens is 391 g/mol. The largest absolute Gasteiger partial charge is 0.331 e. The highest BCUT2D eigenvalue weighted by Crippen LogP contribution is 2.27. The molecule has 1 amide bonds. The Labute approximate surface area is 171 Å². The third-order valence-corrected chi connectivity index (χ3v) is 5.96. The molecule has 0 unspecified atom stereocenters. The van der Waals surface area contributed by atoms with E-state index in [1.54, 1.807) is 29.2 Å². The van der Waals surface area contributed by atoms with Crippen molar-refractivity contribution in [1.82, 2.24) is 4.57 Å². The van der Waals surface area contributed by atoms with Crippen LogP contribution in [0.1, 0.15) is 21.6 Å². The molecule has 0 atom stereocenters. The molecule has 0 aliphatic rings. The lowest BCUT2D eigenvalue weighted by atomic mass is 10.2. The minimum absolute atomic E-state index is 0.166. The van der Waals surface area contributed by atoms with E-state index < -0.39 is 0 Å². The van der Waals surface area contributed by atoms with Gasteiger partial charge < -0.3 is 9.88 Å². The number of amides is 1. The van der Waals surface area contributed by atoms with Gasteiger partial charge in [-0.15, -0.1) is 11.3 Å². The molecule has 2 aromatic heterocycles. The Hall–Kier alpha value is -2.57. The molecule has 0 saturated heterocycles. The van der Waals surface area contributed by atoms with E-state index in [2.05, 4.69) is 17.6 Å². The quantitative estimate of drug-likeness (QED) is 0.423. The number of thioether (sulfide) groups is 1. The summed E-state index contributed by atoms with van der Waals surface area (Å²) < 4.78 is 16.6. The van der Waals surface area contributed by atoms with Crippen LogP contribution in [0.2, 0.25) is 0 Å². The summed E-state index contributed by atoms with van der Waals surface area (Å²) in [5.74, 6) is 0.457.